The van der Waals surface area contributed by atoms with Crippen LogP contribution in [0.25, 0.3) is 6.08 Å². The molecule has 6 heteroatoms. The molecule has 0 radical (unpaired) electrons. The van der Waals surface area contributed by atoms with Crippen molar-refractivity contribution in [2.45, 2.75) is 13.5 Å². The van der Waals surface area contributed by atoms with Crippen molar-refractivity contribution in [2.24, 2.45) is 0 Å². The van der Waals surface area contributed by atoms with E-state index in [4.69, 9.17) is 4.74 Å². The number of hydrogen-bond donors (Lipinski definition) is 1. The monoisotopic (exact) mass is 398 g/mol. The summed E-state index contributed by atoms with van der Waals surface area (Å²) in [5, 5.41) is 12.0. The molecule has 2 aromatic rings. The molecular weight excluding hydrogens is 384 g/mol. The molecule has 0 spiro atoms. The molecule has 1 N–H and O–H groups in total. The fourth-order valence-corrected chi connectivity index (χ4v) is 2.44. The van der Waals surface area contributed by atoms with Crippen molar-refractivity contribution in [1.29, 1.82) is 5.26 Å². The molecule has 0 aromatic heterocycles. The highest BCUT2D eigenvalue weighted by Crippen LogP contribution is 2.25. The Hall–Kier alpha value is -2.91. The van der Waals surface area contributed by atoms with Gasteiger partial charge in [-0.25, -0.2) is 0 Å². The second-order valence-corrected chi connectivity index (χ2v) is 6.03. The Balaban J connectivity index is 2.21. The summed E-state index contributed by atoms with van der Waals surface area (Å²) in [6.07, 6.45) is 1.39. The zero-order valence-corrected chi connectivity index (χ0v) is 15.0. The Morgan fingerprint density at radius 1 is 1.24 bits per heavy atom. The van der Waals surface area contributed by atoms with Crippen LogP contribution in [0.1, 0.15) is 18.1 Å². The van der Waals surface area contributed by atoms with Crippen LogP contribution in [0.3, 0.4) is 0 Å². The Labute approximate surface area is 154 Å². The van der Waals surface area contributed by atoms with E-state index in [0.29, 0.717) is 12.1 Å². The molecule has 0 unspecified atom stereocenters. The minimum absolute atomic E-state index is 0.0811. The molecule has 0 aliphatic rings. The van der Waals surface area contributed by atoms with Gasteiger partial charge in [-0.1, -0.05) is 46.3 Å². The third kappa shape index (κ3) is 5.59. The Morgan fingerprint density at radius 3 is 2.60 bits per heavy atom. The van der Waals surface area contributed by atoms with E-state index in [2.05, 4.69) is 21.2 Å². The molecule has 5 nitrogen and oxygen atoms in total. The van der Waals surface area contributed by atoms with Gasteiger partial charge in [0.05, 0.1) is 0 Å². The lowest BCUT2D eigenvalue weighted by Crippen LogP contribution is -2.23. The summed E-state index contributed by atoms with van der Waals surface area (Å²) in [7, 11) is 0. The number of halogens is 1. The van der Waals surface area contributed by atoms with E-state index in [-0.39, 0.29) is 11.3 Å². The van der Waals surface area contributed by atoms with Crippen molar-refractivity contribution in [2.75, 3.05) is 0 Å². The lowest BCUT2D eigenvalue weighted by Gasteiger charge is -2.08. The van der Waals surface area contributed by atoms with Crippen molar-refractivity contribution in [3.05, 3.63) is 69.7 Å². The Kier molecular flexibility index (Phi) is 6.49. The van der Waals surface area contributed by atoms with Crippen LogP contribution in [-0.4, -0.2) is 11.9 Å². The molecule has 0 saturated carbocycles. The van der Waals surface area contributed by atoms with Gasteiger partial charge in [-0.2, -0.15) is 5.26 Å². The molecule has 0 aliphatic heterocycles. The van der Waals surface area contributed by atoms with Gasteiger partial charge in [0.2, 0.25) is 0 Å². The topological polar surface area (TPSA) is 79.2 Å². The maximum atomic E-state index is 12.2. The number of rotatable bonds is 5. The van der Waals surface area contributed by atoms with Crippen LogP contribution in [0.5, 0.6) is 5.75 Å². The molecule has 2 aromatic carbocycles. The van der Waals surface area contributed by atoms with Crippen LogP contribution >= 0.6 is 15.9 Å². The third-order valence-corrected chi connectivity index (χ3v) is 3.68. The average molecular weight is 399 g/mol. The molecule has 0 saturated heterocycles. The summed E-state index contributed by atoms with van der Waals surface area (Å²) >= 11 is 3.32. The van der Waals surface area contributed by atoms with Crippen LogP contribution < -0.4 is 10.1 Å². The number of esters is 1. The molecule has 0 atom stereocenters. The van der Waals surface area contributed by atoms with Gasteiger partial charge >= 0.3 is 5.97 Å². The average Bonchev–Trinajstić information content (AvgIpc) is 2.60. The predicted molar refractivity (Wildman–Crippen MR) is 97.3 cm³/mol. The molecule has 0 aliphatic carbocycles. The number of carbonyl (C=O) groups is 2. The number of amides is 1. The lowest BCUT2D eigenvalue weighted by molar-refractivity contribution is -0.131. The van der Waals surface area contributed by atoms with Gasteiger partial charge in [0.15, 0.2) is 0 Å². The van der Waals surface area contributed by atoms with E-state index in [1.807, 2.05) is 36.4 Å². The summed E-state index contributed by atoms with van der Waals surface area (Å²) in [5.41, 5.74) is 1.30. The second-order valence-electron chi connectivity index (χ2n) is 5.11. The Morgan fingerprint density at radius 2 is 1.96 bits per heavy atom. The highest BCUT2D eigenvalue weighted by atomic mass is 79.9. The van der Waals surface area contributed by atoms with Crippen LogP contribution in [0, 0.1) is 11.3 Å². The summed E-state index contributed by atoms with van der Waals surface area (Å²) < 4.78 is 5.84. The van der Waals surface area contributed by atoms with E-state index in [1.165, 1.54) is 13.0 Å². The van der Waals surface area contributed by atoms with E-state index >= 15 is 0 Å². The van der Waals surface area contributed by atoms with Crippen molar-refractivity contribution in [3.8, 4) is 11.8 Å². The first-order chi connectivity index (χ1) is 12.0. The molecule has 126 valence electrons. The molecule has 25 heavy (non-hydrogen) atoms. The third-order valence-electron chi connectivity index (χ3n) is 3.19. The number of nitriles is 1. The predicted octanol–water partition coefficient (Wildman–Crippen LogP) is 3.60. The van der Waals surface area contributed by atoms with Gasteiger partial charge in [-0.05, 0) is 29.8 Å². The minimum Gasteiger partial charge on any atom is -0.426 e. The summed E-state index contributed by atoms with van der Waals surface area (Å²) in [5.74, 6) is -0.705. The fraction of sp³-hybridized carbons (Fsp3) is 0.105. The number of hydrogen-bond acceptors (Lipinski definition) is 4. The van der Waals surface area contributed by atoms with Gasteiger partial charge in [0.1, 0.15) is 17.4 Å². The SMILES string of the molecule is CC(=O)Oc1ccc(Br)cc1/C=C(\C#N)C(=O)NCc1ccccc1. The maximum Gasteiger partial charge on any atom is 0.308 e. The molecule has 1 amide bonds. The number of benzene rings is 2. The van der Waals surface area contributed by atoms with Crippen LogP contribution in [0.2, 0.25) is 0 Å². The first kappa shape index (κ1) is 18.4. The van der Waals surface area contributed by atoms with Crippen LogP contribution in [0.4, 0.5) is 0 Å². The molecule has 0 heterocycles. The van der Waals surface area contributed by atoms with E-state index in [9.17, 15) is 14.9 Å². The standard InChI is InChI=1S/C19H15BrN2O3/c1-13(23)25-18-8-7-17(20)10-15(18)9-16(11-21)19(24)22-12-14-5-3-2-4-6-14/h2-10H,12H2,1H3,(H,22,24)/b16-9+. The van der Waals surface area contributed by atoms with Crippen LogP contribution in [-0.2, 0) is 16.1 Å². The van der Waals surface area contributed by atoms with E-state index in [0.717, 1.165) is 10.0 Å². The molecule has 0 fully saturated rings. The highest BCUT2D eigenvalue weighted by molar-refractivity contribution is 9.10. The van der Waals surface area contributed by atoms with Gasteiger partial charge in [0, 0.05) is 23.5 Å². The second kappa shape index (κ2) is 8.81. The van der Waals surface area contributed by atoms with Crippen molar-refractivity contribution in [1.82, 2.24) is 5.32 Å². The number of nitrogens with zero attached hydrogens (tertiary/aromatic N) is 1. The fourth-order valence-electron chi connectivity index (χ4n) is 2.06. The van der Waals surface area contributed by atoms with Crippen LogP contribution in [0.15, 0.2) is 58.6 Å². The largest absolute Gasteiger partial charge is 0.426 e. The molecule has 0 bridgehead atoms. The Bertz CT molecular complexity index is 855. The quantitative estimate of drug-likeness (QED) is 0.361. The van der Waals surface area contributed by atoms with E-state index < -0.39 is 11.9 Å². The normalized spacial score (nSPS) is 10.7. The first-order valence-electron chi connectivity index (χ1n) is 7.41. The van der Waals surface area contributed by atoms with Crippen molar-refractivity contribution < 1.29 is 14.3 Å². The van der Waals surface area contributed by atoms with Crippen molar-refractivity contribution in [3.63, 3.8) is 0 Å². The number of carbonyl (C=O) groups excluding carboxylic acids is 2. The van der Waals surface area contributed by atoms with Gasteiger partial charge in [-0.3, -0.25) is 9.59 Å². The van der Waals surface area contributed by atoms with Gasteiger partial charge < -0.3 is 10.1 Å². The summed E-state index contributed by atoms with van der Waals surface area (Å²) in [6.45, 7) is 1.60. The van der Waals surface area contributed by atoms with Gasteiger partial charge in [0.25, 0.3) is 5.91 Å². The lowest BCUT2D eigenvalue weighted by atomic mass is 10.1. The molecule has 2 rings (SSSR count). The summed E-state index contributed by atoms with van der Waals surface area (Å²) in [4.78, 5) is 23.4. The first-order valence-corrected chi connectivity index (χ1v) is 8.21. The molecular formula is C19H15BrN2O3. The smallest absolute Gasteiger partial charge is 0.308 e. The minimum atomic E-state index is -0.500. The number of nitrogens with one attached hydrogen (secondary N) is 1. The maximum absolute atomic E-state index is 12.2. The highest BCUT2D eigenvalue weighted by Gasteiger charge is 2.12. The van der Waals surface area contributed by atoms with Gasteiger partial charge in [-0.15, -0.1) is 0 Å². The zero-order valence-electron chi connectivity index (χ0n) is 13.5. The summed E-state index contributed by atoms with van der Waals surface area (Å²) in [6, 6.07) is 16.2. The van der Waals surface area contributed by atoms with Crippen molar-refractivity contribution >= 4 is 33.9 Å². The van der Waals surface area contributed by atoms with E-state index in [1.54, 1.807) is 18.2 Å². The zero-order chi connectivity index (χ0) is 18.2. The number of ether oxygens (including phenoxy) is 1.